The van der Waals surface area contributed by atoms with Crippen LogP contribution in [-0.2, 0) is 13.1 Å². The molecule has 0 spiro atoms. The maximum absolute atomic E-state index is 13.0. The van der Waals surface area contributed by atoms with Crippen LogP contribution in [0.25, 0.3) is 0 Å². The summed E-state index contributed by atoms with van der Waals surface area (Å²) in [6.45, 7) is 11.7. The van der Waals surface area contributed by atoms with Gasteiger partial charge < -0.3 is 4.57 Å². The van der Waals surface area contributed by atoms with E-state index in [4.69, 9.17) is 0 Å². The van der Waals surface area contributed by atoms with Gasteiger partial charge in [-0.3, -0.25) is 9.80 Å². The normalized spacial score (nSPS) is 16.8. The summed E-state index contributed by atoms with van der Waals surface area (Å²) in [5.74, 6) is 1.47. The fraction of sp³-hybridized carbons (Fsp3) is 0.526. The molecule has 1 aromatic heterocycles. The van der Waals surface area contributed by atoms with Crippen molar-refractivity contribution in [2.75, 3.05) is 32.7 Å². The minimum Gasteiger partial charge on any atom is -0.333 e. The summed E-state index contributed by atoms with van der Waals surface area (Å²) in [7, 11) is 0. The number of nitrogens with zero attached hydrogens (tertiary/aromatic N) is 4. The van der Waals surface area contributed by atoms with Crippen molar-refractivity contribution in [2.24, 2.45) is 0 Å². The molecule has 0 radical (unpaired) electrons. The van der Waals surface area contributed by atoms with Gasteiger partial charge in [-0.1, -0.05) is 26.0 Å². The molecule has 1 aliphatic heterocycles. The molecule has 0 amide bonds. The van der Waals surface area contributed by atoms with Crippen molar-refractivity contribution in [2.45, 2.75) is 32.9 Å². The first-order chi connectivity index (χ1) is 11.6. The minimum atomic E-state index is -0.163. The largest absolute Gasteiger partial charge is 0.333 e. The third-order valence-electron chi connectivity index (χ3n) is 4.71. The number of hydrogen-bond acceptors (Lipinski definition) is 3. The van der Waals surface area contributed by atoms with Crippen LogP contribution >= 0.6 is 0 Å². The Morgan fingerprint density at radius 3 is 2.33 bits per heavy atom. The molecule has 2 heterocycles. The van der Waals surface area contributed by atoms with Gasteiger partial charge in [0.1, 0.15) is 11.6 Å². The molecule has 0 N–H and O–H groups in total. The Morgan fingerprint density at radius 1 is 1.00 bits per heavy atom. The Bertz CT molecular complexity index is 627. The SMILES string of the molecule is CC(C)c1nccn1CCN1CCN(Cc2ccc(F)cc2)CC1. The van der Waals surface area contributed by atoms with Crippen LogP contribution in [-0.4, -0.2) is 52.1 Å². The van der Waals surface area contributed by atoms with E-state index < -0.39 is 0 Å². The van der Waals surface area contributed by atoms with Crippen LogP contribution in [0.5, 0.6) is 0 Å². The molecule has 0 atom stereocenters. The molecule has 130 valence electrons. The van der Waals surface area contributed by atoms with E-state index >= 15 is 0 Å². The van der Waals surface area contributed by atoms with Crippen molar-refractivity contribution in [1.29, 1.82) is 0 Å². The summed E-state index contributed by atoms with van der Waals surface area (Å²) < 4.78 is 15.2. The summed E-state index contributed by atoms with van der Waals surface area (Å²) in [6, 6.07) is 6.86. The summed E-state index contributed by atoms with van der Waals surface area (Å²) in [4.78, 5) is 9.42. The van der Waals surface area contributed by atoms with Gasteiger partial charge in [0.2, 0.25) is 0 Å². The van der Waals surface area contributed by atoms with E-state index in [1.807, 2.05) is 18.3 Å². The van der Waals surface area contributed by atoms with Gasteiger partial charge in [0.05, 0.1) is 0 Å². The Labute approximate surface area is 143 Å². The third kappa shape index (κ3) is 4.42. The summed E-state index contributed by atoms with van der Waals surface area (Å²) >= 11 is 0. The highest BCUT2D eigenvalue weighted by Crippen LogP contribution is 2.13. The fourth-order valence-corrected chi connectivity index (χ4v) is 3.28. The number of benzene rings is 1. The molecule has 1 aliphatic rings. The van der Waals surface area contributed by atoms with Gasteiger partial charge in [0.25, 0.3) is 0 Å². The number of imidazole rings is 1. The van der Waals surface area contributed by atoms with Crippen molar-refractivity contribution in [3.05, 3.63) is 53.9 Å². The van der Waals surface area contributed by atoms with Crippen LogP contribution in [0, 0.1) is 5.82 Å². The van der Waals surface area contributed by atoms with Gasteiger partial charge in [-0.2, -0.15) is 0 Å². The van der Waals surface area contributed by atoms with Crippen molar-refractivity contribution >= 4 is 0 Å². The van der Waals surface area contributed by atoms with E-state index in [9.17, 15) is 4.39 Å². The lowest BCUT2D eigenvalue weighted by atomic mass is 10.2. The lowest BCUT2D eigenvalue weighted by Crippen LogP contribution is -2.46. The number of aromatic nitrogens is 2. The third-order valence-corrected chi connectivity index (χ3v) is 4.71. The molecule has 0 unspecified atom stereocenters. The maximum Gasteiger partial charge on any atom is 0.123 e. The van der Waals surface area contributed by atoms with E-state index in [-0.39, 0.29) is 5.82 Å². The standard InChI is InChI=1S/C19H27FN4/c1-16(2)19-21-7-8-24(19)14-13-22-9-11-23(12-10-22)15-17-3-5-18(20)6-4-17/h3-8,16H,9-15H2,1-2H3. The smallest absolute Gasteiger partial charge is 0.123 e. The van der Waals surface area contributed by atoms with Crippen LogP contribution in [0.15, 0.2) is 36.7 Å². The molecule has 1 saturated heterocycles. The average Bonchev–Trinajstić information content (AvgIpc) is 3.05. The van der Waals surface area contributed by atoms with Crippen molar-refractivity contribution in [3.8, 4) is 0 Å². The average molecular weight is 330 g/mol. The Balaban J connectivity index is 1.43. The fourth-order valence-electron chi connectivity index (χ4n) is 3.28. The second kappa shape index (κ2) is 7.90. The zero-order valence-corrected chi connectivity index (χ0v) is 14.7. The number of piperazine rings is 1. The molecule has 1 fully saturated rings. The monoisotopic (exact) mass is 330 g/mol. The summed E-state index contributed by atoms with van der Waals surface area (Å²) in [5, 5.41) is 0. The second-order valence-electron chi connectivity index (χ2n) is 6.88. The van der Waals surface area contributed by atoms with E-state index in [2.05, 4.69) is 39.4 Å². The van der Waals surface area contributed by atoms with Gasteiger partial charge in [0.15, 0.2) is 0 Å². The van der Waals surface area contributed by atoms with Gasteiger partial charge in [-0.25, -0.2) is 9.37 Å². The first kappa shape index (κ1) is 17.1. The predicted molar refractivity (Wildman–Crippen MR) is 94.4 cm³/mol. The molecule has 0 saturated carbocycles. The molecule has 5 heteroatoms. The topological polar surface area (TPSA) is 24.3 Å². The van der Waals surface area contributed by atoms with E-state index in [1.54, 1.807) is 12.1 Å². The molecule has 1 aromatic carbocycles. The molecular weight excluding hydrogens is 303 g/mol. The molecule has 24 heavy (non-hydrogen) atoms. The highest BCUT2D eigenvalue weighted by molar-refractivity contribution is 5.16. The van der Waals surface area contributed by atoms with Crippen LogP contribution in [0.4, 0.5) is 4.39 Å². The van der Waals surface area contributed by atoms with Gasteiger partial charge in [-0.05, 0) is 17.7 Å². The Hall–Kier alpha value is -1.72. The Kier molecular flexibility index (Phi) is 5.63. The highest BCUT2D eigenvalue weighted by Gasteiger charge is 2.17. The highest BCUT2D eigenvalue weighted by atomic mass is 19.1. The zero-order chi connectivity index (χ0) is 16.9. The lowest BCUT2D eigenvalue weighted by molar-refractivity contribution is 0.124. The number of rotatable bonds is 6. The molecule has 4 nitrogen and oxygen atoms in total. The van der Waals surface area contributed by atoms with Gasteiger partial charge >= 0.3 is 0 Å². The summed E-state index contributed by atoms with van der Waals surface area (Å²) in [6.07, 6.45) is 3.98. The van der Waals surface area contributed by atoms with Gasteiger partial charge in [-0.15, -0.1) is 0 Å². The van der Waals surface area contributed by atoms with Crippen LogP contribution in [0.3, 0.4) is 0 Å². The van der Waals surface area contributed by atoms with Crippen molar-refractivity contribution in [1.82, 2.24) is 19.4 Å². The molecule has 2 aromatic rings. The lowest BCUT2D eigenvalue weighted by Gasteiger charge is -2.34. The van der Waals surface area contributed by atoms with E-state index in [0.29, 0.717) is 5.92 Å². The zero-order valence-electron chi connectivity index (χ0n) is 14.7. The van der Waals surface area contributed by atoms with Crippen LogP contribution < -0.4 is 0 Å². The maximum atomic E-state index is 13.0. The first-order valence-electron chi connectivity index (χ1n) is 8.82. The second-order valence-corrected chi connectivity index (χ2v) is 6.88. The number of hydrogen-bond donors (Lipinski definition) is 0. The molecule has 3 rings (SSSR count). The van der Waals surface area contributed by atoms with E-state index in [1.165, 1.54) is 11.4 Å². The molecular formula is C19H27FN4. The van der Waals surface area contributed by atoms with Crippen molar-refractivity contribution in [3.63, 3.8) is 0 Å². The summed E-state index contributed by atoms with van der Waals surface area (Å²) in [5.41, 5.74) is 1.19. The van der Waals surface area contributed by atoms with Gasteiger partial charge in [0, 0.05) is 64.1 Å². The predicted octanol–water partition coefficient (Wildman–Crippen LogP) is 2.96. The quantitative estimate of drug-likeness (QED) is 0.814. The van der Waals surface area contributed by atoms with Crippen molar-refractivity contribution < 1.29 is 4.39 Å². The Morgan fingerprint density at radius 2 is 1.67 bits per heavy atom. The first-order valence-corrected chi connectivity index (χ1v) is 8.82. The van der Waals surface area contributed by atoms with E-state index in [0.717, 1.165) is 45.8 Å². The molecule has 0 bridgehead atoms. The molecule has 0 aliphatic carbocycles. The number of halogens is 1. The van der Waals surface area contributed by atoms with Crippen LogP contribution in [0.2, 0.25) is 0 Å². The van der Waals surface area contributed by atoms with Crippen LogP contribution in [0.1, 0.15) is 31.2 Å². The minimum absolute atomic E-state index is 0.163.